The molecule has 1 fully saturated rings. The van der Waals surface area contributed by atoms with Crippen molar-refractivity contribution in [1.29, 1.82) is 0 Å². The molecule has 0 spiro atoms. The monoisotopic (exact) mass is 296 g/mol. The van der Waals surface area contributed by atoms with Gasteiger partial charge in [0.2, 0.25) is 5.91 Å². The van der Waals surface area contributed by atoms with E-state index in [-0.39, 0.29) is 11.8 Å². The summed E-state index contributed by atoms with van der Waals surface area (Å²) in [6, 6.07) is 3.74. The summed E-state index contributed by atoms with van der Waals surface area (Å²) in [6.07, 6.45) is 19.3. The van der Waals surface area contributed by atoms with Crippen molar-refractivity contribution in [3.05, 3.63) is 48.8 Å². The van der Waals surface area contributed by atoms with Crippen LogP contribution in [-0.2, 0) is 4.79 Å². The lowest BCUT2D eigenvalue weighted by molar-refractivity contribution is -0.117. The van der Waals surface area contributed by atoms with Gasteiger partial charge in [-0.1, -0.05) is 24.3 Å². The van der Waals surface area contributed by atoms with Crippen molar-refractivity contribution < 1.29 is 4.79 Å². The third kappa shape index (κ3) is 3.85. The molecule has 0 radical (unpaired) electrons. The minimum Gasteiger partial charge on any atom is -0.324 e. The zero-order valence-electron chi connectivity index (χ0n) is 12.9. The molecule has 0 bridgehead atoms. The fourth-order valence-corrected chi connectivity index (χ4v) is 3.52. The topological polar surface area (TPSA) is 42.0 Å². The molecular weight excluding hydrogens is 272 g/mol. The molecule has 2 aliphatic carbocycles. The summed E-state index contributed by atoms with van der Waals surface area (Å²) >= 11 is 0. The van der Waals surface area contributed by atoms with Crippen molar-refractivity contribution in [3.8, 4) is 0 Å². The van der Waals surface area contributed by atoms with Gasteiger partial charge in [0.1, 0.15) is 0 Å². The third-order valence-corrected chi connectivity index (χ3v) is 4.73. The van der Waals surface area contributed by atoms with Crippen LogP contribution in [0.4, 0.5) is 5.69 Å². The molecule has 1 saturated carbocycles. The predicted octanol–water partition coefficient (Wildman–Crippen LogP) is 4.35. The van der Waals surface area contributed by atoms with Crippen molar-refractivity contribution in [2.75, 3.05) is 5.32 Å². The molecule has 3 heteroatoms. The van der Waals surface area contributed by atoms with Gasteiger partial charge in [0.15, 0.2) is 0 Å². The number of fused-ring (bicyclic) bond motifs is 1. The van der Waals surface area contributed by atoms with Crippen LogP contribution >= 0.6 is 0 Å². The van der Waals surface area contributed by atoms with E-state index in [1.54, 1.807) is 12.4 Å². The summed E-state index contributed by atoms with van der Waals surface area (Å²) in [5.41, 5.74) is 0.801. The van der Waals surface area contributed by atoms with Crippen LogP contribution in [0.15, 0.2) is 48.8 Å². The van der Waals surface area contributed by atoms with E-state index >= 15 is 0 Å². The number of aromatic nitrogens is 1. The summed E-state index contributed by atoms with van der Waals surface area (Å²) in [5.74, 6) is 1.46. The Morgan fingerprint density at radius 1 is 1.00 bits per heavy atom. The fourth-order valence-electron chi connectivity index (χ4n) is 3.52. The fraction of sp³-hybridized carbons (Fsp3) is 0.474. The Bertz CT molecular complexity index is 526. The molecule has 1 aromatic heterocycles. The molecule has 3 atom stereocenters. The van der Waals surface area contributed by atoms with Crippen molar-refractivity contribution in [1.82, 2.24) is 4.98 Å². The third-order valence-electron chi connectivity index (χ3n) is 4.73. The van der Waals surface area contributed by atoms with E-state index in [1.165, 1.54) is 0 Å². The van der Waals surface area contributed by atoms with Crippen molar-refractivity contribution in [2.24, 2.45) is 17.8 Å². The van der Waals surface area contributed by atoms with Crippen LogP contribution < -0.4 is 5.32 Å². The maximum absolute atomic E-state index is 12.5. The van der Waals surface area contributed by atoms with Crippen LogP contribution in [0.5, 0.6) is 0 Å². The smallest absolute Gasteiger partial charge is 0.228 e. The van der Waals surface area contributed by atoms with Gasteiger partial charge in [-0.25, -0.2) is 0 Å². The molecule has 1 aromatic rings. The van der Waals surface area contributed by atoms with Crippen molar-refractivity contribution >= 4 is 11.6 Å². The van der Waals surface area contributed by atoms with Gasteiger partial charge in [0, 0.05) is 12.1 Å². The number of hydrogen-bond donors (Lipinski definition) is 1. The second-order valence-corrected chi connectivity index (χ2v) is 6.26. The van der Waals surface area contributed by atoms with Crippen LogP contribution in [0.2, 0.25) is 0 Å². The first kappa shape index (κ1) is 15.0. The zero-order chi connectivity index (χ0) is 15.2. The molecule has 0 aliphatic heterocycles. The largest absolute Gasteiger partial charge is 0.324 e. The summed E-state index contributed by atoms with van der Waals surface area (Å²) in [4.78, 5) is 16.5. The van der Waals surface area contributed by atoms with Crippen LogP contribution in [0.3, 0.4) is 0 Å². The molecular formula is C19H24N2O. The minimum absolute atomic E-state index is 0.172. The number of rotatable bonds is 2. The van der Waals surface area contributed by atoms with Crippen LogP contribution in [0, 0.1) is 17.8 Å². The van der Waals surface area contributed by atoms with Gasteiger partial charge < -0.3 is 5.32 Å². The predicted molar refractivity (Wildman–Crippen MR) is 89.3 cm³/mol. The average molecular weight is 296 g/mol. The Kier molecular flexibility index (Phi) is 5.04. The number of hydrogen-bond acceptors (Lipinski definition) is 2. The Labute approximate surface area is 132 Å². The maximum Gasteiger partial charge on any atom is 0.228 e. The normalized spacial score (nSPS) is 31.0. The first-order valence-electron chi connectivity index (χ1n) is 8.37. The van der Waals surface area contributed by atoms with Gasteiger partial charge in [-0.05, 0) is 62.5 Å². The second-order valence-electron chi connectivity index (χ2n) is 6.26. The number of carbonyl (C=O) groups excluding carboxylic acids is 1. The molecule has 0 aromatic carbocycles. The van der Waals surface area contributed by atoms with Gasteiger partial charge >= 0.3 is 0 Å². The van der Waals surface area contributed by atoms with Gasteiger partial charge in [0.25, 0.3) is 0 Å². The highest BCUT2D eigenvalue weighted by molar-refractivity contribution is 5.94. The number of anilines is 1. The minimum atomic E-state index is 0.172. The number of pyridine rings is 1. The molecule has 22 heavy (non-hydrogen) atoms. The van der Waals surface area contributed by atoms with Gasteiger partial charge in [-0.3, -0.25) is 9.78 Å². The molecule has 2 aliphatic rings. The zero-order valence-corrected chi connectivity index (χ0v) is 12.9. The lowest BCUT2D eigenvalue weighted by atomic mass is 10.1. The summed E-state index contributed by atoms with van der Waals surface area (Å²) < 4.78 is 0. The molecule has 0 saturated heterocycles. The molecule has 116 valence electrons. The Morgan fingerprint density at radius 3 is 2.23 bits per heavy atom. The Hall–Kier alpha value is -1.90. The number of nitrogens with one attached hydrogen (secondary N) is 1. The highest BCUT2D eigenvalue weighted by Crippen LogP contribution is 2.52. The molecule has 3 nitrogen and oxygen atoms in total. The number of carbonyl (C=O) groups is 1. The van der Waals surface area contributed by atoms with Gasteiger partial charge in [-0.15, -0.1) is 0 Å². The summed E-state index contributed by atoms with van der Waals surface area (Å²) in [6.45, 7) is 0. The number of allylic oxidation sites excluding steroid dienone is 4. The Balaban J connectivity index is 1.60. The highest BCUT2D eigenvalue weighted by atomic mass is 16.2. The van der Waals surface area contributed by atoms with Crippen molar-refractivity contribution in [3.63, 3.8) is 0 Å². The lowest BCUT2D eigenvalue weighted by Crippen LogP contribution is -2.15. The van der Waals surface area contributed by atoms with Gasteiger partial charge in [0.05, 0.1) is 11.9 Å². The summed E-state index contributed by atoms with van der Waals surface area (Å²) in [5, 5.41) is 3.02. The Morgan fingerprint density at radius 2 is 1.64 bits per heavy atom. The first-order valence-corrected chi connectivity index (χ1v) is 8.37. The van der Waals surface area contributed by atoms with E-state index in [0.29, 0.717) is 11.8 Å². The van der Waals surface area contributed by atoms with Crippen LogP contribution in [-0.4, -0.2) is 10.9 Å². The van der Waals surface area contributed by atoms with E-state index in [1.807, 2.05) is 12.1 Å². The standard InChI is InChI=1S/C19H24N2O/c22-19(21-15-10-9-13-20-14-15)18-16-11-7-5-3-1-2-4-6-8-12-17(16)18/h3-6,9-10,13-14,16-18H,1-2,7-8,11-12H2,(H,21,22)/b5-3-,6-4-/t16-,17+,18?. The number of nitrogens with zero attached hydrogens (tertiary/aromatic N) is 1. The van der Waals surface area contributed by atoms with E-state index in [9.17, 15) is 4.79 Å². The maximum atomic E-state index is 12.5. The van der Waals surface area contributed by atoms with E-state index in [0.717, 1.165) is 44.2 Å². The van der Waals surface area contributed by atoms with E-state index in [2.05, 4.69) is 34.6 Å². The van der Waals surface area contributed by atoms with E-state index in [4.69, 9.17) is 0 Å². The van der Waals surface area contributed by atoms with Crippen LogP contribution in [0.25, 0.3) is 0 Å². The molecule has 1 amide bonds. The van der Waals surface area contributed by atoms with Crippen molar-refractivity contribution in [2.45, 2.75) is 38.5 Å². The molecule has 3 rings (SSSR count). The molecule has 1 heterocycles. The summed E-state index contributed by atoms with van der Waals surface area (Å²) in [7, 11) is 0. The lowest BCUT2D eigenvalue weighted by Gasteiger charge is -2.03. The van der Waals surface area contributed by atoms with Gasteiger partial charge in [-0.2, -0.15) is 0 Å². The quantitative estimate of drug-likeness (QED) is 0.824. The SMILES string of the molecule is O=C(Nc1cccnc1)C1[C@H]2CC/C=C\CC/C=C\CC[C@@H]12. The molecule has 1 N–H and O–H groups in total. The average Bonchev–Trinajstić information content (AvgIpc) is 3.21. The number of amides is 1. The van der Waals surface area contributed by atoms with E-state index < -0.39 is 0 Å². The molecule has 1 unspecified atom stereocenters. The first-order chi connectivity index (χ1) is 10.9. The highest BCUT2D eigenvalue weighted by Gasteiger charge is 2.52. The van der Waals surface area contributed by atoms with Crippen LogP contribution in [0.1, 0.15) is 38.5 Å². The second kappa shape index (κ2) is 7.39.